The Hall–Kier alpha value is 0.100. The maximum atomic E-state index is 10.1. The van der Waals surface area contributed by atoms with Gasteiger partial charge < -0.3 is 0 Å². The molecular weight excluding hydrogens is 179 g/mol. The fraction of sp³-hybridized carbons (Fsp3) is 1.00. The van der Waals surface area contributed by atoms with E-state index in [1.807, 2.05) is 0 Å². The standard InChI is InChI=1S/C11H23OP/c1-2-3-4-5-6-7-8-9-10-11-13-12/h2-11H2,1H3. The zero-order valence-corrected chi connectivity index (χ0v) is 9.82. The summed E-state index contributed by atoms with van der Waals surface area (Å²) in [4.78, 5) is 0. The molecule has 0 aliphatic heterocycles. The highest BCUT2D eigenvalue weighted by atomic mass is 31.1. The molecule has 0 aromatic rings. The first kappa shape index (κ1) is 13.1. The van der Waals surface area contributed by atoms with Gasteiger partial charge in [0.15, 0.2) is 8.46 Å². The van der Waals surface area contributed by atoms with Crippen LogP contribution in [-0.4, -0.2) is 6.16 Å². The Bertz CT molecular complexity index is 104. The lowest BCUT2D eigenvalue weighted by Gasteiger charge is -1.99. The first-order valence-electron chi connectivity index (χ1n) is 5.71. The zero-order chi connectivity index (χ0) is 9.78. The van der Waals surface area contributed by atoms with Crippen LogP contribution in [-0.2, 0) is 4.57 Å². The number of rotatable bonds is 10. The van der Waals surface area contributed by atoms with Crippen molar-refractivity contribution >= 4 is 8.46 Å². The molecule has 0 aromatic carbocycles. The molecule has 0 rings (SSSR count). The van der Waals surface area contributed by atoms with E-state index in [9.17, 15) is 4.57 Å². The lowest BCUT2D eigenvalue weighted by Crippen LogP contribution is -1.81. The average molecular weight is 202 g/mol. The third-order valence-electron chi connectivity index (χ3n) is 2.35. The average Bonchev–Trinajstić information content (AvgIpc) is 2.16. The van der Waals surface area contributed by atoms with Crippen molar-refractivity contribution in [3.63, 3.8) is 0 Å². The summed E-state index contributed by atoms with van der Waals surface area (Å²) in [6, 6.07) is 0. The largest absolute Gasteiger partial charge is 0.275 e. The minimum Gasteiger partial charge on any atom is -0.275 e. The molecule has 0 atom stereocenters. The molecule has 0 aliphatic carbocycles. The van der Waals surface area contributed by atoms with Crippen LogP contribution in [0.3, 0.4) is 0 Å². The summed E-state index contributed by atoms with van der Waals surface area (Å²) in [7, 11) is 0.323. The van der Waals surface area contributed by atoms with Gasteiger partial charge in [-0.1, -0.05) is 58.3 Å². The van der Waals surface area contributed by atoms with Crippen LogP contribution >= 0.6 is 8.46 Å². The van der Waals surface area contributed by atoms with Crippen LogP contribution in [0.4, 0.5) is 0 Å². The van der Waals surface area contributed by atoms with Crippen LogP contribution < -0.4 is 0 Å². The molecule has 0 saturated heterocycles. The number of unbranched alkanes of at least 4 members (excludes halogenated alkanes) is 8. The van der Waals surface area contributed by atoms with E-state index in [2.05, 4.69) is 6.92 Å². The molecule has 0 unspecified atom stereocenters. The lowest BCUT2D eigenvalue weighted by molar-refractivity contribution is 0.569. The summed E-state index contributed by atoms with van der Waals surface area (Å²) in [6.07, 6.45) is 12.9. The van der Waals surface area contributed by atoms with Gasteiger partial charge >= 0.3 is 0 Å². The Morgan fingerprint density at radius 3 is 1.69 bits per heavy atom. The van der Waals surface area contributed by atoms with Gasteiger partial charge in [-0.15, -0.1) is 0 Å². The fourth-order valence-corrected chi connectivity index (χ4v) is 1.84. The number of hydrogen-bond donors (Lipinski definition) is 0. The van der Waals surface area contributed by atoms with E-state index < -0.39 is 0 Å². The van der Waals surface area contributed by atoms with Crippen molar-refractivity contribution < 1.29 is 4.57 Å². The van der Waals surface area contributed by atoms with Crippen LogP contribution in [0.5, 0.6) is 0 Å². The monoisotopic (exact) mass is 202 g/mol. The second kappa shape index (κ2) is 12.1. The van der Waals surface area contributed by atoms with Gasteiger partial charge in [0.05, 0.1) is 0 Å². The first-order chi connectivity index (χ1) is 6.41. The molecule has 0 radical (unpaired) electrons. The first-order valence-corrected chi connectivity index (χ1v) is 6.70. The maximum absolute atomic E-state index is 10.1. The molecule has 0 N–H and O–H groups in total. The molecule has 13 heavy (non-hydrogen) atoms. The van der Waals surface area contributed by atoms with Crippen molar-refractivity contribution in [3.8, 4) is 0 Å². The predicted octanol–water partition coefficient (Wildman–Crippen LogP) is 4.81. The smallest absolute Gasteiger partial charge is 0.155 e. The summed E-state index contributed by atoms with van der Waals surface area (Å²) in [5, 5.41) is 0. The van der Waals surface area contributed by atoms with Crippen molar-refractivity contribution in [2.24, 2.45) is 0 Å². The van der Waals surface area contributed by atoms with Gasteiger partial charge in [-0.05, 0) is 6.42 Å². The van der Waals surface area contributed by atoms with Crippen molar-refractivity contribution in [1.82, 2.24) is 0 Å². The van der Waals surface area contributed by atoms with Crippen LogP contribution in [0.15, 0.2) is 0 Å². The van der Waals surface area contributed by atoms with E-state index in [1.165, 1.54) is 51.4 Å². The van der Waals surface area contributed by atoms with Gasteiger partial charge in [-0.25, -0.2) is 0 Å². The van der Waals surface area contributed by atoms with E-state index in [4.69, 9.17) is 0 Å². The van der Waals surface area contributed by atoms with Crippen molar-refractivity contribution in [3.05, 3.63) is 0 Å². The Labute approximate surface area is 84.5 Å². The molecule has 1 nitrogen and oxygen atoms in total. The van der Waals surface area contributed by atoms with Gasteiger partial charge in [0.1, 0.15) is 0 Å². The Balaban J connectivity index is 2.79. The Morgan fingerprint density at radius 2 is 1.23 bits per heavy atom. The summed E-state index contributed by atoms with van der Waals surface area (Å²) in [5.41, 5.74) is 0. The SMILES string of the molecule is CCCCCCCCCCCP=O. The van der Waals surface area contributed by atoms with Crippen molar-refractivity contribution in [2.45, 2.75) is 64.7 Å². The molecule has 0 spiro atoms. The van der Waals surface area contributed by atoms with E-state index in [0.29, 0.717) is 8.46 Å². The molecule has 0 saturated carbocycles. The molecule has 0 aliphatic rings. The summed E-state index contributed by atoms with van der Waals surface area (Å²) in [6.45, 7) is 2.25. The van der Waals surface area contributed by atoms with Crippen LogP contribution in [0.2, 0.25) is 0 Å². The van der Waals surface area contributed by atoms with Crippen molar-refractivity contribution in [2.75, 3.05) is 6.16 Å². The molecule has 0 amide bonds. The highest BCUT2D eigenvalue weighted by molar-refractivity contribution is 7.23. The van der Waals surface area contributed by atoms with Crippen LogP contribution in [0.1, 0.15) is 64.7 Å². The van der Waals surface area contributed by atoms with Crippen molar-refractivity contribution in [1.29, 1.82) is 0 Å². The predicted molar refractivity (Wildman–Crippen MR) is 59.7 cm³/mol. The summed E-state index contributed by atoms with van der Waals surface area (Å²) in [5.74, 6) is 0. The van der Waals surface area contributed by atoms with E-state index in [-0.39, 0.29) is 0 Å². The van der Waals surface area contributed by atoms with Crippen LogP contribution in [0, 0.1) is 0 Å². The van der Waals surface area contributed by atoms with Gasteiger partial charge in [0.2, 0.25) is 0 Å². The number of hydrogen-bond acceptors (Lipinski definition) is 1. The van der Waals surface area contributed by atoms with Gasteiger partial charge in [-0.3, -0.25) is 4.57 Å². The maximum Gasteiger partial charge on any atom is 0.155 e. The van der Waals surface area contributed by atoms with E-state index in [0.717, 1.165) is 12.6 Å². The molecule has 78 valence electrons. The summed E-state index contributed by atoms with van der Waals surface area (Å²) < 4.78 is 10.1. The minimum atomic E-state index is 0.323. The van der Waals surface area contributed by atoms with E-state index in [1.54, 1.807) is 0 Å². The van der Waals surface area contributed by atoms with Gasteiger partial charge in [0, 0.05) is 6.16 Å². The van der Waals surface area contributed by atoms with Crippen LogP contribution in [0.25, 0.3) is 0 Å². The molecule has 0 fully saturated rings. The van der Waals surface area contributed by atoms with Gasteiger partial charge in [-0.2, -0.15) is 0 Å². The molecule has 2 heteroatoms. The second-order valence-electron chi connectivity index (χ2n) is 3.68. The molecule has 0 heterocycles. The highest BCUT2D eigenvalue weighted by Gasteiger charge is 1.91. The highest BCUT2D eigenvalue weighted by Crippen LogP contribution is 2.10. The van der Waals surface area contributed by atoms with E-state index >= 15 is 0 Å². The normalized spacial score (nSPS) is 10.8. The quantitative estimate of drug-likeness (QED) is 0.367. The lowest BCUT2D eigenvalue weighted by atomic mass is 10.1. The topological polar surface area (TPSA) is 17.1 Å². The Kier molecular flexibility index (Phi) is 12.2. The second-order valence-corrected chi connectivity index (χ2v) is 4.39. The Morgan fingerprint density at radius 1 is 0.769 bits per heavy atom. The molecular formula is C11H23OP. The molecule has 0 aromatic heterocycles. The fourth-order valence-electron chi connectivity index (χ4n) is 1.49. The third kappa shape index (κ3) is 12.1. The van der Waals surface area contributed by atoms with Gasteiger partial charge in [0.25, 0.3) is 0 Å². The minimum absolute atomic E-state index is 0.323. The molecule has 0 bridgehead atoms. The zero-order valence-electron chi connectivity index (χ0n) is 8.93. The third-order valence-corrected chi connectivity index (χ3v) is 2.85. The summed E-state index contributed by atoms with van der Waals surface area (Å²) >= 11 is 0.